The van der Waals surface area contributed by atoms with Crippen molar-refractivity contribution in [3.05, 3.63) is 47.6 Å². The molecule has 0 aromatic rings. The maximum absolute atomic E-state index is 14.6. The lowest BCUT2D eigenvalue weighted by Gasteiger charge is -2.50. The van der Waals surface area contributed by atoms with Gasteiger partial charge in [-0.25, -0.2) is 9.59 Å². The van der Waals surface area contributed by atoms with Crippen LogP contribution in [0.3, 0.4) is 0 Å². The van der Waals surface area contributed by atoms with E-state index >= 15 is 0 Å². The first-order chi connectivity index (χ1) is 37.3. The smallest absolute Gasteiger partial charge is 0.460 e. The molecule has 18 atom stereocenters. The average Bonchev–Trinajstić information content (AvgIpc) is 3.60. The molecule has 3 saturated heterocycles. The molecule has 5 rings (SSSR count). The fraction of sp³-hybridized carbons (Fsp3) is 0.741. The summed E-state index contributed by atoms with van der Waals surface area (Å²) in [6.45, 7) is 10.1. The highest BCUT2D eigenvalue weighted by molar-refractivity contribution is 7.39. The Kier molecular flexibility index (Phi) is 25.1. The van der Waals surface area contributed by atoms with Gasteiger partial charge < -0.3 is 63.7 Å². The van der Waals surface area contributed by atoms with Crippen LogP contribution in [0.5, 0.6) is 0 Å². The number of carbonyl (C=O) groups is 6. The summed E-state index contributed by atoms with van der Waals surface area (Å²) in [7, 11) is -2.35. The average molecular weight is 1160 g/mol. The van der Waals surface area contributed by atoms with Gasteiger partial charge in [0.1, 0.15) is 36.2 Å². The lowest BCUT2D eigenvalue weighted by Crippen LogP contribution is -2.65. The first-order valence-corrected chi connectivity index (χ1v) is 29.4. The molecule has 4 bridgehead atoms. The lowest BCUT2D eigenvalue weighted by atomic mass is 9.68. The van der Waals surface area contributed by atoms with E-state index in [2.05, 4.69) is 14.4 Å². The van der Waals surface area contributed by atoms with Crippen molar-refractivity contribution in [1.29, 1.82) is 0 Å². The molecular weight excluding hydrogens is 1070 g/mol. The van der Waals surface area contributed by atoms with Crippen molar-refractivity contribution >= 4 is 52.2 Å². The number of nitrogens with zero attached hydrogens (tertiary/aromatic N) is 1. The van der Waals surface area contributed by atoms with E-state index in [4.69, 9.17) is 33.3 Å². The number of ether oxygens (including phenoxy) is 6. The highest BCUT2D eigenvalue weighted by Gasteiger charge is 2.57. The van der Waals surface area contributed by atoms with Crippen molar-refractivity contribution in [1.82, 2.24) is 10.2 Å². The van der Waals surface area contributed by atoms with E-state index in [0.29, 0.717) is 56.9 Å². The van der Waals surface area contributed by atoms with Crippen LogP contribution < -0.4 is 5.32 Å². The molecule has 0 radical (unpaired) electrons. The highest BCUT2D eigenvalue weighted by Crippen LogP contribution is 2.46. The Balaban J connectivity index is 1.45. The summed E-state index contributed by atoms with van der Waals surface area (Å²) in [4.78, 5) is 113. The van der Waals surface area contributed by atoms with Crippen LogP contribution in [0.1, 0.15) is 119 Å². The van der Waals surface area contributed by atoms with Crippen molar-refractivity contribution in [2.75, 3.05) is 34.4 Å². The minimum Gasteiger partial charge on any atom is -0.460 e. The Bertz CT molecular complexity index is 2280. The second kappa shape index (κ2) is 30.0. The van der Waals surface area contributed by atoms with Crippen LogP contribution in [0, 0.1) is 41.4 Å². The highest BCUT2D eigenvalue weighted by atomic mass is 31.2. The molecule has 79 heavy (non-hydrogen) atoms. The van der Waals surface area contributed by atoms with E-state index in [0.717, 1.165) is 5.57 Å². The predicted molar refractivity (Wildman–Crippen MR) is 284 cm³/mol. The number of carbonyl (C=O) groups excluding carboxylic acids is 6. The molecule has 4 fully saturated rings. The van der Waals surface area contributed by atoms with Gasteiger partial charge in [0.2, 0.25) is 5.79 Å². The molecule has 2 amide bonds. The zero-order valence-corrected chi connectivity index (χ0v) is 48.5. The van der Waals surface area contributed by atoms with E-state index < -0.39 is 144 Å². The third-order valence-corrected chi connectivity index (χ3v) is 17.2. The number of amides is 2. The second-order valence-corrected chi connectivity index (χ2v) is 23.3. The number of piperidine rings is 1. The van der Waals surface area contributed by atoms with Crippen LogP contribution in [0.2, 0.25) is 0 Å². The largest absolute Gasteiger partial charge is 0.700 e. The molecule has 0 spiro atoms. The SMILES string of the molecule is COC1CC(CC2[C@H]3CCCN4C(=O)C(=O)C5(O)O[C@@H](CCC5C)C[C@H](OC)/C(C)=C/C=C/C=C/[C@@H](C)CC(C)C(=O)[C@H](OC)C(O)/C(C)=C/C(C)C(=O)C[C@@H]2OC(=O)C34)CC[C@H]1OC(=O)NCCC(O)(OP(O)O)O[P+](=O)O. The number of nitrogens with one attached hydrogen (secondary N) is 1. The van der Waals surface area contributed by atoms with E-state index in [1.54, 1.807) is 40.9 Å². The molecule has 0 aromatic heterocycles. The number of aliphatic hydroxyl groups excluding tert-OH is 1. The summed E-state index contributed by atoms with van der Waals surface area (Å²) in [5.74, 6) is -12.7. The Morgan fingerprint density at radius 1 is 0.924 bits per heavy atom. The number of hydrogen-bond acceptors (Lipinski definition) is 20. The van der Waals surface area contributed by atoms with Crippen molar-refractivity contribution in [2.45, 2.75) is 179 Å². The molecule has 1 aliphatic carbocycles. The molecular formula is C54H83N2O21P2+. The first-order valence-electron chi connectivity index (χ1n) is 27.1. The predicted octanol–water partition coefficient (Wildman–Crippen LogP) is 5.06. The van der Waals surface area contributed by atoms with E-state index in [1.165, 1.54) is 19.1 Å². The zero-order valence-electron chi connectivity index (χ0n) is 46.7. The standard InChI is InChI=1S/C54H82N2O21P2/c1-30-14-11-10-12-15-31(2)42(70-7)28-37-19-17-35(6)54(65,75-37)49(60)50(61)56-23-13-16-38-39(26-36-18-20-41(44(27-36)71-8)74-52(63)55-22-21-53(64,76-78(66)67)77-79(68)69)43(73-51(62)45(38)56)29-40(57)32(3)25-34(5)47(59)48(72-9)46(58)33(4)24-30/h10-12,14-15,25,30,32-33,35-39,41-45,47-48,59,64-67H,13,16-24,26-29H2,1-9H3,(H-,55,63,68,69)/p+1/b12-10+,14-11+,31-15+,34-25+/t30-,32?,33?,35?,36?,37+,38-,39?,41-,42+,43+,44?,45?,47?,48+,53?,54?/m1/s1. The Morgan fingerprint density at radius 2 is 1.65 bits per heavy atom. The number of aliphatic hydroxyl groups is 3. The van der Waals surface area contributed by atoms with Gasteiger partial charge in [-0.2, -0.15) is 0 Å². The normalized spacial score (nSPS) is 38.2. The van der Waals surface area contributed by atoms with Gasteiger partial charge in [0.05, 0.1) is 24.7 Å². The molecule has 0 aromatic carbocycles. The van der Waals surface area contributed by atoms with Crippen LogP contribution >= 0.6 is 16.9 Å². The number of esters is 1. The van der Waals surface area contributed by atoms with Crippen molar-refractivity contribution in [3.8, 4) is 0 Å². The third kappa shape index (κ3) is 17.6. The summed E-state index contributed by atoms with van der Waals surface area (Å²) < 4.78 is 55.4. The topological polar surface area (TPSA) is 330 Å². The monoisotopic (exact) mass is 1160 g/mol. The fourth-order valence-electron chi connectivity index (χ4n) is 11.9. The van der Waals surface area contributed by atoms with Crippen LogP contribution in [0.15, 0.2) is 47.6 Å². The summed E-state index contributed by atoms with van der Waals surface area (Å²) in [5.41, 5.74) is 1.16. The Morgan fingerprint density at radius 3 is 2.30 bits per heavy atom. The van der Waals surface area contributed by atoms with Crippen molar-refractivity contribution in [3.63, 3.8) is 0 Å². The van der Waals surface area contributed by atoms with Crippen LogP contribution in [0.4, 0.5) is 4.79 Å². The minimum atomic E-state index is -3.45. The van der Waals surface area contributed by atoms with E-state index in [1.807, 2.05) is 44.2 Å². The molecule has 1 saturated carbocycles. The lowest BCUT2D eigenvalue weighted by molar-refractivity contribution is -0.278. The third-order valence-electron chi connectivity index (χ3n) is 16.3. The van der Waals surface area contributed by atoms with Crippen LogP contribution in [-0.4, -0.2) is 165 Å². The quantitative estimate of drug-likeness (QED) is 0.0416. The maximum Gasteiger partial charge on any atom is 0.700 e. The van der Waals surface area contributed by atoms with Crippen molar-refractivity contribution < 1.29 is 101 Å². The van der Waals surface area contributed by atoms with Crippen molar-refractivity contribution in [2.24, 2.45) is 41.4 Å². The van der Waals surface area contributed by atoms with Gasteiger partial charge in [-0.3, -0.25) is 23.7 Å². The zero-order chi connectivity index (χ0) is 58.5. The summed E-state index contributed by atoms with van der Waals surface area (Å²) >= 11 is 0. The number of Topliss-reactive ketones (excluding diaryl/α,β-unsaturated/α-hetero) is 3. The van der Waals surface area contributed by atoms with Gasteiger partial charge in [0, 0.05) is 75.5 Å². The minimum absolute atomic E-state index is 0.00319. The molecule has 25 heteroatoms. The second-order valence-electron chi connectivity index (χ2n) is 22.0. The molecule has 7 N–H and O–H groups in total. The Labute approximate surface area is 464 Å². The van der Waals surface area contributed by atoms with E-state index in [-0.39, 0.29) is 49.2 Å². The first kappa shape index (κ1) is 66.0. The van der Waals surface area contributed by atoms with Gasteiger partial charge in [0.25, 0.3) is 11.7 Å². The Hall–Kier alpha value is -3.77. The van der Waals surface area contributed by atoms with E-state index in [9.17, 15) is 58.4 Å². The van der Waals surface area contributed by atoms with Crippen LogP contribution in [0.25, 0.3) is 0 Å². The number of rotatable bonds is 13. The van der Waals surface area contributed by atoms with Gasteiger partial charge in [-0.1, -0.05) is 68.7 Å². The summed E-state index contributed by atoms with van der Waals surface area (Å²) in [5, 5.41) is 36.3. The maximum atomic E-state index is 14.6. The number of allylic oxidation sites excluding steroid dienone is 6. The molecule has 23 nitrogen and oxygen atoms in total. The molecule has 4 heterocycles. The van der Waals surface area contributed by atoms with Gasteiger partial charge >= 0.3 is 34.9 Å². The van der Waals surface area contributed by atoms with Gasteiger partial charge in [-0.05, 0) is 101 Å². The molecule has 444 valence electrons. The van der Waals surface area contributed by atoms with Crippen LogP contribution in [-0.2, 0) is 66.0 Å². The fourth-order valence-corrected chi connectivity index (χ4v) is 12.7. The molecule has 5 aliphatic rings. The van der Waals surface area contributed by atoms with Gasteiger partial charge in [0.15, 0.2) is 5.78 Å². The number of fused-ring (bicyclic) bond motifs is 4. The summed E-state index contributed by atoms with van der Waals surface area (Å²) in [6.07, 6.45) is 6.53. The van der Waals surface area contributed by atoms with Gasteiger partial charge in [-0.15, -0.1) is 4.89 Å². The molecule has 4 aliphatic heterocycles. The number of alkyl carbamates (subject to hydrolysis) is 1. The molecule has 11 unspecified atom stereocenters. The number of methoxy groups -OCH3 is 3. The number of hydrogen-bond donors (Lipinski definition) is 7. The number of ketones is 3. The summed E-state index contributed by atoms with van der Waals surface area (Å²) in [6, 6.07) is -1.26.